The molecule has 0 spiro atoms. The monoisotopic (exact) mass is 478 g/mol. The second-order valence-electron chi connectivity index (χ2n) is 8.61. The summed E-state index contributed by atoms with van der Waals surface area (Å²) in [6.45, 7) is 3.19. The Hall–Kier alpha value is -2.61. The van der Waals surface area contributed by atoms with Gasteiger partial charge in [0, 0.05) is 24.6 Å². The Morgan fingerprint density at radius 1 is 1.06 bits per heavy atom. The van der Waals surface area contributed by atoms with Crippen LogP contribution in [0.4, 0.5) is 5.82 Å². The third kappa shape index (κ3) is 5.00. The lowest BCUT2D eigenvalue weighted by Crippen LogP contribution is -2.33. The molecule has 1 aromatic carbocycles. The van der Waals surface area contributed by atoms with Crippen molar-refractivity contribution in [1.29, 1.82) is 0 Å². The van der Waals surface area contributed by atoms with Crippen LogP contribution < -0.4 is 5.73 Å². The smallest absolute Gasteiger partial charge is 0.174 e. The Kier molecular flexibility index (Phi) is 6.53. The van der Waals surface area contributed by atoms with Crippen molar-refractivity contribution in [3.05, 3.63) is 71.0 Å². The lowest BCUT2D eigenvalue weighted by Gasteiger charge is -2.32. The second-order valence-corrected chi connectivity index (χ2v) is 9.82. The van der Waals surface area contributed by atoms with Crippen LogP contribution in [0.15, 0.2) is 60.0 Å². The number of piperidine rings is 1. The van der Waals surface area contributed by atoms with Gasteiger partial charge in [-0.2, -0.15) is 0 Å². The normalized spacial score (nSPS) is 15.3. The van der Waals surface area contributed by atoms with Crippen molar-refractivity contribution in [1.82, 2.24) is 24.4 Å². The molecule has 33 heavy (non-hydrogen) atoms. The highest BCUT2D eigenvalue weighted by Crippen LogP contribution is 2.28. The number of nitrogens with zero attached hydrogens (tertiary/aromatic N) is 5. The number of halogens is 1. The van der Waals surface area contributed by atoms with Gasteiger partial charge in [-0.25, -0.2) is 15.0 Å². The third-order valence-corrected chi connectivity index (χ3v) is 7.14. The minimum atomic E-state index is 0.596. The number of aromatic nitrogens is 4. The van der Waals surface area contributed by atoms with Gasteiger partial charge in [0.2, 0.25) is 0 Å². The zero-order valence-corrected chi connectivity index (χ0v) is 20.2. The molecule has 8 heteroatoms. The van der Waals surface area contributed by atoms with Gasteiger partial charge in [0.1, 0.15) is 11.3 Å². The topological polar surface area (TPSA) is 72.9 Å². The fraction of sp³-hybridized carbons (Fsp3) is 0.320. The first-order valence-electron chi connectivity index (χ1n) is 11.2. The van der Waals surface area contributed by atoms with E-state index in [1.807, 2.05) is 18.4 Å². The van der Waals surface area contributed by atoms with Crippen molar-refractivity contribution in [2.45, 2.75) is 31.0 Å². The van der Waals surface area contributed by atoms with E-state index in [-0.39, 0.29) is 0 Å². The molecule has 1 aliphatic rings. The Balaban J connectivity index is 1.23. The summed E-state index contributed by atoms with van der Waals surface area (Å²) in [5.74, 6) is 1.31. The van der Waals surface area contributed by atoms with E-state index in [1.54, 1.807) is 24.2 Å². The fourth-order valence-corrected chi connectivity index (χ4v) is 5.32. The number of likely N-dealkylation sites (tertiary alicyclic amines) is 1. The molecule has 0 bridgehead atoms. The third-order valence-electron chi connectivity index (χ3n) is 6.29. The molecule has 0 amide bonds. The summed E-state index contributed by atoms with van der Waals surface area (Å²) in [5.41, 5.74) is 11.2. The van der Waals surface area contributed by atoms with Gasteiger partial charge in [0.25, 0.3) is 0 Å². The van der Waals surface area contributed by atoms with Crippen molar-refractivity contribution < 1.29 is 0 Å². The van der Waals surface area contributed by atoms with Crippen LogP contribution in [0.2, 0.25) is 5.02 Å². The first-order valence-corrected chi connectivity index (χ1v) is 12.8. The maximum Gasteiger partial charge on any atom is 0.174 e. The van der Waals surface area contributed by atoms with Crippen molar-refractivity contribution in [3.8, 4) is 5.69 Å². The van der Waals surface area contributed by atoms with Gasteiger partial charge in [-0.15, -0.1) is 0 Å². The molecule has 0 radical (unpaired) electrons. The number of hydrogen-bond donors (Lipinski definition) is 1. The number of rotatable bonds is 6. The maximum absolute atomic E-state index is 6.11. The minimum absolute atomic E-state index is 0.596. The van der Waals surface area contributed by atoms with Crippen molar-refractivity contribution in [3.63, 3.8) is 0 Å². The van der Waals surface area contributed by atoms with Crippen molar-refractivity contribution in [2.75, 3.05) is 25.1 Å². The molecule has 0 aliphatic carbocycles. The van der Waals surface area contributed by atoms with E-state index in [9.17, 15) is 0 Å². The van der Waals surface area contributed by atoms with Gasteiger partial charge in [0.05, 0.1) is 5.02 Å². The van der Waals surface area contributed by atoms with E-state index in [2.05, 4.69) is 49.8 Å². The molecular formula is C25H27ClN6S. The van der Waals surface area contributed by atoms with Gasteiger partial charge in [0.15, 0.2) is 10.8 Å². The van der Waals surface area contributed by atoms with Crippen LogP contribution in [-0.4, -0.2) is 43.8 Å². The van der Waals surface area contributed by atoms with Crippen LogP contribution in [0.25, 0.3) is 16.9 Å². The van der Waals surface area contributed by atoms with Gasteiger partial charge in [-0.05, 0) is 86.0 Å². The number of nitrogen functional groups attached to an aromatic ring is 1. The predicted octanol–water partition coefficient (Wildman–Crippen LogP) is 5.23. The van der Waals surface area contributed by atoms with Crippen LogP contribution in [0, 0.1) is 5.92 Å². The highest BCUT2D eigenvalue weighted by Gasteiger charge is 2.20. The Labute approximate surface area is 203 Å². The molecule has 4 aromatic rings. The first kappa shape index (κ1) is 22.2. The zero-order chi connectivity index (χ0) is 22.8. The number of imidazole rings is 1. The molecule has 1 saturated heterocycles. The summed E-state index contributed by atoms with van der Waals surface area (Å²) in [5, 5.41) is 1.52. The summed E-state index contributed by atoms with van der Waals surface area (Å²) in [6.07, 6.45) is 9.05. The zero-order valence-electron chi connectivity index (χ0n) is 18.6. The Morgan fingerprint density at radius 3 is 2.58 bits per heavy atom. The highest BCUT2D eigenvalue weighted by molar-refractivity contribution is 7.98. The number of fused-ring (bicyclic) bond motifs is 1. The number of nitrogens with two attached hydrogens (primary N) is 1. The first-order chi connectivity index (χ1) is 16.1. The fourth-order valence-electron chi connectivity index (χ4n) is 4.60. The van der Waals surface area contributed by atoms with E-state index >= 15 is 0 Å². The van der Waals surface area contributed by atoms with E-state index in [0.717, 1.165) is 48.1 Å². The van der Waals surface area contributed by atoms with Crippen LogP contribution in [0.1, 0.15) is 24.0 Å². The van der Waals surface area contributed by atoms with E-state index in [1.165, 1.54) is 24.0 Å². The minimum Gasteiger partial charge on any atom is -0.384 e. The predicted molar refractivity (Wildman–Crippen MR) is 136 cm³/mol. The lowest BCUT2D eigenvalue weighted by atomic mass is 9.90. The summed E-state index contributed by atoms with van der Waals surface area (Å²) in [4.78, 5) is 15.8. The lowest BCUT2D eigenvalue weighted by molar-refractivity contribution is 0.177. The molecule has 5 rings (SSSR count). The summed E-state index contributed by atoms with van der Waals surface area (Å²) in [7, 11) is 0. The Morgan fingerprint density at radius 2 is 1.85 bits per heavy atom. The standard InChI is InChI=1S/C25H27ClN6S/c1-33-25-30-22-14-20(26)15-29-24(22)32(25)21-4-2-17(3-5-21)12-18-7-10-31(11-8-18)16-19-6-9-28-23(27)13-19/h2-6,9,13-15,18H,7-8,10-12,16H2,1H3,(H2,27,28). The van der Waals surface area contributed by atoms with Crippen LogP contribution in [0.3, 0.4) is 0 Å². The van der Waals surface area contributed by atoms with Crippen molar-refractivity contribution in [2.24, 2.45) is 5.92 Å². The van der Waals surface area contributed by atoms with Crippen LogP contribution in [0.5, 0.6) is 0 Å². The van der Waals surface area contributed by atoms with Gasteiger partial charge < -0.3 is 5.73 Å². The maximum atomic E-state index is 6.11. The number of pyridine rings is 2. The SMILES string of the molecule is CSc1nc2cc(Cl)cnc2n1-c1ccc(CC2CCN(Cc3ccnc(N)c3)CC2)cc1. The Bertz CT molecular complexity index is 1250. The highest BCUT2D eigenvalue weighted by atomic mass is 35.5. The van der Waals surface area contributed by atoms with Gasteiger partial charge in [-0.3, -0.25) is 9.47 Å². The van der Waals surface area contributed by atoms with Gasteiger partial charge >= 0.3 is 0 Å². The molecule has 3 aromatic heterocycles. The quantitative estimate of drug-likeness (QED) is 0.382. The van der Waals surface area contributed by atoms with E-state index in [0.29, 0.717) is 16.8 Å². The number of benzene rings is 1. The van der Waals surface area contributed by atoms with E-state index in [4.69, 9.17) is 22.3 Å². The molecule has 0 atom stereocenters. The van der Waals surface area contributed by atoms with E-state index < -0.39 is 0 Å². The number of thioether (sulfide) groups is 1. The van der Waals surface area contributed by atoms with Crippen LogP contribution >= 0.6 is 23.4 Å². The summed E-state index contributed by atoms with van der Waals surface area (Å²) < 4.78 is 2.10. The molecule has 1 aliphatic heterocycles. The van der Waals surface area contributed by atoms with Gasteiger partial charge in [-0.1, -0.05) is 35.5 Å². The molecule has 170 valence electrons. The molecule has 6 nitrogen and oxygen atoms in total. The van der Waals surface area contributed by atoms with Crippen molar-refractivity contribution >= 4 is 40.3 Å². The molecule has 2 N–H and O–H groups in total. The molecule has 1 fully saturated rings. The molecular weight excluding hydrogens is 452 g/mol. The second kappa shape index (κ2) is 9.71. The molecule has 0 unspecified atom stereocenters. The van der Waals surface area contributed by atoms with Crippen LogP contribution in [-0.2, 0) is 13.0 Å². The average molecular weight is 479 g/mol. The molecule has 4 heterocycles. The number of anilines is 1. The largest absolute Gasteiger partial charge is 0.384 e. The summed E-state index contributed by atoms with van der Waals surface area (Å²) >= 11 is 7.72. The molecule has 0 saturated carbocycles. The number of hydrogen-bond acceptors (Lipinski definition) is 6. The summed E-state index contributed by atoms with van der Waals surface area (Å²) in [6, 6.07) is 14.7. The average Bonchev–Trinajstić information content (AvgIpc) is 3.18.